The standard InChI is InChI=1S/C20H32O2/c1-8-22-19-16(10-9-11-18(21)14(2)3)12-15(4)13-17(19)20(5,6)7/h12-14H,8-11H2,1-7H3. The summed E-state index contributed by atoms with van der Waals surface area (Å²) in [6, 6.07) is 4.44. The third-order valence-electron chi connectivity index (χ3n) is 3.92. The van der Waals surface area contributed by atoms with Crippen molar-refractivity contribution in [3.8, 4) is 5.75 Å². The molecule has 0 saturated heterocycles. The monoisotopic (exact) mass is 304 g/mol. The maximum Gasteiger partial charge on any atom is 0.135 e. The molecule has 2 nitrogen and oxygen atoms in total. The largest absolute Gasteiger partial charge is 0.493 e. The highest BCUT2D eigenvalue weighted by Gasteiger charge is 2.22. The molecule has 0 unspecified atom stereocenters. The highest BCUT2D eigenvalue weighted by atomic mass is 16.5. The first-order valence-corrected chi connectivity index (χ1v) is 8.46. The third kappa shape index (κ3) is 5.15. The van der Waals surface area contributed by atoms with Crippen LogP contribution in [0.4, 0.5) is 0 Å². The first-order valence-electron chi connectivity index (χ1n) is 8.46. The van der Waals surface area contributed by atoms with Crippen LogP contribution in [-0.2, 0) is 16.6 Å². The Morgan fingerprint density at radius 2 is 1.86 bits per heavy atom. The highest BCUT2D eigenvalue weighted by molar-refractivity contribution is 5.80. The molecule has 1 rings (SSSR count). The second kappa shape index (κ2) is 7.80. The maximum atomic E-state index is 11.8. The summed E-state index contributed by atoms with van der Waals surface area (Å²) in [5, 5.41) is 0. The fraction of sp³-hybridized carbons (Fsp3) is 0.650. The van der Waals surface area contributed by atoms with Crippen LogP contribution in [0.1, 0.15) is 71.1 Å². The smallest absolute Gasteiger partial charge is 0.135 e. The molecule has 0 spiro atoms. The van der Waals surface area contributed by atoms with Crippen LogP contribution in [0, 0.1) is 12.8 Å². The van der Waals surface area contributed by atoms with Crippen LogP contribution in [0.15, 0.2) is 12.1 Å². The zero-order valence-electron chi connectivity index (χ0n) is 15.4. The molecule has 0 amide bonds. The van der Waals surface area contributed by atoms with Crippen molar-refractivity contribution in [2.45, 2.75) is 73.1 Å². The average molecular weight is 304 g/mol. The number of Topliss-reactive ketones (excluding diaryl/α,β-unsaturated/α-hetero) is 1. The predicted octanol–water partition coefficient (Wildman–Crippen LogP) is 5.24. The van der Waals surface area contributed by atoms with Gasteiger partial charge in [-0.15, -0.1) is 0 Å². The van der Waals surface area contributed by atoms with Crippen LogP contribution in [0.3, 0.4) is 0 Å². The van der Waals surface area contributed by atoms with Gasteiger partial charge < -0.3 is 4.74 Å². The summed E-state index contributed by atoms with van der Waals surface area (Å²) in [7, 11) is 0. The lowest BCUT2D eigenvalue weighted by molar-refractivity contribution is -0.121. The molecule has 1 aromatic carbocycles. The quantitative estimate of drug-likeness (QED) is 0.688. The fourth-order valence-electron chi connectivity index (χ4n) is 2.65. The van der Waals surface area contributed by atoms with Crippen LogP contribution < -0.4 is 4.74 Å². The Morgan fingerprint density at radius 3 is 2.36 bits per heavy atom. The number of hydrogen-bond donors (Lipinski definition) is 0. The van der Waals surface area contributed by atoms with E-state index in [1.807, 2.05) is 20.8 Å². The van der Waals surface area contributed by atoms with E-state index in [1.165, 1.54) is 16.7 Å². The van der Waals surface area contributed by atoms with Crippen molar-refractivity contribution in [1.29, 1.82) is 0 Å². The number of carbonyl (C=O) groups is 1. The SMILES string of the molecule is CCOc1c(CCCC(=O)C(C)C)cc(C)cc1C(C)(C)C. The number of hydrogen-bond acceptors (Lipinski definition) is 2. The van der Waals surface area contributed by atoms with E-state index in [0.29, 0.717) is 18.8 Å². The van der Waals surface area contributed by atoms with Crippen LogP contribution in [-0.4, -0.2) is 12.4 Å². The molecule has 0 atom stereocenters. The minimum atomic E-state index is 0.0546. The minimum Gasteiger partial charge on any atom is -0.493 e. The summed E-state index contributed by atoms with van der Waals surface area (Å²) in [5.74, 6) is 1.51. The average Bonchev–Trinajstić information content (AvgIpc) is 2.39. The lowest BCUT2D eigenvalue weighted by Crippen LogP contribution is -2.15. The molecule has 0 fully saturated rings. The van der Waals surface area contributed by atoms with Crippen molar-refractivity contribution in [2.75, 3.05) is 6.61 Å². The highest BCUT2D eigenvalue weighted by Crippen LogP contribution is 2.36. The van der Waals surface area contributed by atoms with Gasteiger partial charge in [0, 0.05) is 17.9 Å². The summed E-state index contributed by atoms with van der Waals surface area (Å²) in [4.78, 5) is 11.8. The fourth-order valence-corrected chi connectivity index (χ4v) is 2.65. The van der Waals surface area contributed by atoms with Crippen LogP contribution in [0.5, 0.6) is 5.75 Å². The molecule has 2 heteroatoms. The van der Waals surface area contributed by atoms with E-state index in [9.17, 15) is 4.79 Å². The Bertz CT molecular complexity index is 507. The zero-order valence-corrected chi connectivity index (χ0v) is 15.4. The minimum absolute atomic E-state index is 0.0546. The second-order valence-electron chi connectivity index (χ2n) is 7.46. The van der Waals surface area contributed by atoms with E-state index in [-0.39, 0.29) is 11.3 Å². The number of rotatable bonds is 7. The molecule has 0 saturated carbocycles. The second-order valence-corrected chi connectivity index (χ2v) is 7.46. The summed E-state index contributed by atoms with van der Waals surface area (Å²) in [6.07, 6.45) is 2.45. The predicted molar refractivity (Wildman–Crippen MR) is 93.8 cm³/mol. The molecule has 0 heterocycles. The number of aryl methyl sites for hydroxylation is 2. The van der Waals surface area contributed by atoms with Crippen molar-refractivity contribution < 1.29 is 9.53 Å². The van der Waals surface area contributed by atoms with Crippen LogP contribution in [0.2, 0.25) is 0 Å². The van der Waals surface area contributed by atoms with Gasteiger partial charge in [-0.3, -0.25) is 4.79 Å². The van der Waals surface area contributed by atoms with E-state index >= 15 is 0 Å². The summed E-state index contributed by atoms with van der Waals surface area (Å²) >= 11 is 0. The zero-order chi connectivity index (χ0) is 16.9. The van der Waals surface area contributed by atoms with Gasteiger partial charge in [0.25, 0.3) is 0 Å². The first kappa shape index (κ1) is 18.7. The van der Waals surface area contributed by atoms with Crippen LogP contribution >= 0.6 is 0 Å². The molecule has 0 aliphatic rings. The number of ketones is 1. The number of benzene rings is 1. The molecule has 0 aromatic heterocycles. The lowest BCUT2D eigenvalue weighted by Gasteiger charge is -2.25. The lowest BCUT2D eigenvalue weighted by atomic mass is 9.83. The van der Waals surface area contributed by atoms with Gasteiger partial charge in [-0.25, -0.2) is 0 Å². The Kier molecular flexibility index (Phi) is 6.65. The molecule has 124 valence electrons. The summed E-state index contributed by atoms with van der Waals surface area (Å²) in [6.45, 7) is 15.4. The topological polar surface area (TPSA) is 26.3 Å². The number of ether oxygens (including phenoxy) is 1. The molecular weight excluding hydrogens is 272 g/mol. The van der Waals surface area contributed by atoms with E-state index < -0.39 is 0 Å². The van der Waals surface area contributed by atoms with Crippen molar-refractivity contribution in [3.05, 3.63) is 28.8 Å². The van der Waals surface area contributed by atoms with Gasteiger partial charge in [-0.1, -0.05) is 52.3 Å². The molecule has 22 heavy (non-hydrogen) atoms. The van der Waals surface area contributed by atoms with Gasteiger partial charge in [0.15, 0.2) is 0 Å². The molecule has 0 radical (unpaired) electrons. The van der Waals surface area contributed by atoms with Crippen LogP contribution in [0.25, 0.3) is 0 Å². The first-order chi connectivity index (χ1) is 10.2. The molecule has 0 aliphatic carbocycles. The van der Waals surface area contributed by atoms with Crippen molar-refractivity contribution in [2.24, 2.45) is 5.92 Å². The Balaban J connectivity index is 3.02. The van der Waals surface area contributed by atoms with Crippen molar-refractivity contribution >= 4 is 5.78 Å². The molecular formula is C20H32O2. The third-order valence-corrected chi connectivity index (χ3v) is 3.92. The van der Waals surface area contributed by atoms with E-state index in [1.54, 1.807) is 0 Å². The Morgan fingerprint density at radius 1 is 1.23 bits per heavy atom. The Hall–Kier alpha value is -1.31. The van der Waals surface area contributed by atoms with E-state index in [0.717, 1.165) is 18.6 Å². The normalized spacial score (nSPS) is 11.8. The van der Waals surface area contributed by atoms with E-state index in [2.05, 4.69) is 39.8 Å². The Labute approximate surface area is 136 Å². The van der Waals surface area contributed by atoms with Gasteiger partial charge in [0.2, 0.25) is 0 Å². The molecule has 1 aromatic rings. The molecule has 0 aliphatic heterocycles. The maximum absolute atomic E-state index is 11.8. The van der Waals surface area contributed by atoms with Gasteiger partial charge >= 0.3 is 0 Å². The molecule has 0 bridgehead atoms. The summed E-state index contributed by atoms with van der Waals surface area (Å²) in [5.41, 5.74) is 3.82. The van der Waals surface area contributed by atoms with Crippen molar-refractivity contribution in [3.63, 3.8) is 0 Å². The molecule has 0 N–H and O–H groups in total. The van der Waals surface area contributed by atoms with Gasteiger partial charge in [0.05, 0.1) is 6.61 Å². The summed E-state index contributed by atoms with van der Waals surface area (Å²) < 4.78 is 5.97. The van der Waals surface area contributed by atoms with E-state index in [4.69, 9.17) is 4.74 Å². The van der Waals surface area contributed by atoms with Gasteiger partial charge in [0.1, 0.15) is 11.5 Å². The van der Waals surface area contributed by atoms with Crippen molar-refractivity contribution in [1.82, 2.24) is 0 Å². The van der Waals surface area contributed by atoms with Gasteiger partial charge in [-0.05, 0) is 37.7 Å². The number of carbonyl (C=O) groups excluding carboxylic acids is 1. The van der Waals surface area contributed by atoms with Gasteiger partial charge in [-0.2, -0.15) is 0 Å².